The maximum atomic E-state index is 11.5. The highest BCUT2D eigenvalue weighted by Gasteiger charge is 2.32. The molecule has 1 aromatic heterocycles. The highest BCUT2D eigenvalue weighted by Crippen LogP contribution is 2.44. The number of benzene rings is 1. The molecule has 1 aromatic carbocycles. The molecule has 1 aliphatic carbocycles. The number of aliphatic imine (C=N–C) groups is 1. The highest BCUT2D eigenvalue weighted by molar-refractivity contribution is 7.16. The summed E-state index contributed by atoms with van der Waals surface area (Å²) < 4.78 is 4.71. The largest absolute Gasteiger partial charge is 0.465 e. The van der Waals surface area contributed by atoms with Gasteiger partial charge in [0.1, 0.15) is 11.1 Å². The summed E-state index contributed by atoms with van der Waals surface area (Å²) in [5.74, 6) is 0.280. The van der Waals surface area contributed by atoms with Crippen molar-refractivity contribution in [2.45, 2.75) is 40.0 Å². The van der Waals surface area contributed by atoms with E-state index in [9.17, 15) is 10.1 Å². The molecule has 5 heteroatoms. The van der Waals surface area contributed by atoms with Crippen molar-refractivity contribution in [3.8, 4) is 6.07 Å². The highest BCUT2D eigenvalue weighted by atomic mass is 32.1. The molecule has 0 aliphatic heterocycles. The molecule has 0 N–H and O–H groups in total. The van der Waals surface area contributed by atoms with Crippen molar-refractivity contribution in [1.29, 1.82) is 5.26 Å². The molecular formula is C22H24N2O2S. The standard InChI is InChI=1S/C22H24N2O2S/c1-22(2,3)16-9-10-17-18(12-23)20(27-19(17)11-16)24-13-14-5-7-15(8-6-14)21(25)26-4/h5-8,13,16H,9-11H2,1-4H3/t16-/m1/s1. The van der Waals surface area contributed by atoms with Crippen LogP contribution in [0.2, 0.25) is 0 Å². The van der Waals surface area contributed by atoms with Crippen LogP contribution in [0.25, 0.3) is 0 Å². The number of nitrogens with zero attached hydrogens (tertiary/aromatic N) is 2. The number of methoxy groups -OCH3 is 1. The Balaban J connectivity index is 1.84. The number of esters is 1. The van der Waals surface area contributed by atoms with Crippen molar-refractivity contribution in [3.05, 3.63) is 51.4 Å². The van der Waals surface area contributed by atoms with Gasteiger partial charge in [0.25, 0.3) is 0 Å². The molecule has 0 fully saturated rings. The monoisotopic (exact) mass is 380 g/mol. The molecule has 1 heterocycles. The first-order valence-electron chi connectivity index (χ1n) is 9.10. The number of thiophene rings is 1. The predicted octanol–water partition coefficient (Wildman–Crippen LogP) is 5.31. The second-order valence-corrected chi connectivity index (χ2v) is 9.06. The molecule has 0 spiro atoms. The first-order valence-corrected chi connectivity index (χ1v) is 9.92. The van der Waals surface area contributed by atoms with Gasteiger partial charge in [0.15, 0.2) is 0 Å². The number of hydrogen-bond acceptors (Lipinski definition) is 5. The zero-order chi connectivity index (χ0) is 19.6. The molecule has 0 amide bonds. The van der Waals surface area contributed by atoms with E-state index in [2.05, 4.69) is 31.8 Å². The van der Waals surface area contributed by atoms with E-state index in [0.717, 1.165) is 35.4 Å². The lowest BCUT2D eigenvalue weighted by atomic mass is 9.72. The van der Waals surface area contributed by atoms with E-state index in [1.54, 1.807) is 29.7 Å². The molecule has 0 unspecified atom stereocenters. The second-order valence-electron chi connectivity index (χ2n) is 7.97. The summed E-state index contributed by atoms with van der Waals surface area (Å²) in [4.78, 5) is 17.4. The van der Waals surface area contributed by atoms with Crippen LogP contribution in [-0.4, -0.2) is 19.3 Å². The molecule has 27 heavy (non-hydrogen) atoms. The summed E-state index contributed by atoms with van der Waals surface area (Å²) in [6.07, 6.45) is 4.86. The number of fused-ring (bicyclic) bond motifs is 1. The minimum atomic E-state index is -0.357. The Bertz CT molecular complexity index is 912. The minimum Gasteiger partial charge on any atom is -0.465 e. The van der Waals surface area contributed by atoms with Crippen molar-refractivity contribution in [2.24, 2.45) is 16.3 Å². The van der Waals surface area contributed by atoms with Crippen LogP contribution in [0.5, 0.6) is 0 Å². The van der Waals surface area contributed by atoms with Gasteiger partial charge in [-0.05, 0) is 53.9 Å². The first kappa shape index (κ1) is 19.3. The Morgan fingerprint density at radius 3 is 2.63 bits per heavy atom. The van der Waals surface area contributed by atoms with Crippen molar-refractivity contribution in [1.82, 2.24) is 0 Å². The Morgan fingerprint density at radius 1 is 1.33 bits per heavy atom. The van der Waals surface area contributed by atoms with E-state index < -0.39 is 0 Å². The fourth-order valence-electron chi connectivity index (χ4n) is 3.47. The minimum absolute atomic E-state index is 0.277. The van der Waals surface area contributed by atoms with Crippen LogP contribution in [0.15, 0.2) is 29.3 Å². The second kappa shape index (κ2) is 7.66. The van der Waals surface area contributed by atoms with Gasteiger partial charge in [0, 0.05) is 11.1 Å². The van der Waals surface area contributed by atoms with E-state index in [4.69, 9.17) is 4.74 Å². The maximum absolute atomic E-state index is 11.5. The fourth-order valence-corrected chi connectivity index (χ4v) is 4.69. The summed E-state index contributed by atoms with van der Waals surface area (Å²) >= 11 is 1.64. The van der Waals surface area contributed by atoms with Gasteiger partial charge in [-0.15, -0.1) is 11.3 Å². The Labute approximate surface area is 164 Å². The van der Waals surface area contributed by atoms with Crippen LogP contribution in [0, 0.1) is 22.7 Å². The van der Waals surface area contributed by atoms with Crippen molar-refractivity contribution < 1.29 is 9.53 Å². The number of carbonyl (C=O) groups excluding carboxylic acids is 1. The lowest BCUT2D eigenvalue weighted by Gasteiger charge is -2.33. The molecule has 0 radical (unpaired) electrons. The molecule has 0 bridgehead atoms. The third-order valence-corrected chi connectivity index (χ3v) is 6.41. The summed E-state index contributed by atoms with van der Waals surface area (Å²) in [6.45, 7) is 6.87. The molecule has 2 aromatic rings. The topological polar surface area (TPSA) is 62.4 Å². The zero-order valence-electron chi connectivity index (χ0n) is 16.2. The van der Waals surface area contributed by atoms with Crippen LogP contribution < -0.4 is 0 Å². The lowest BCUT2D eigenvalue weighted by Crippen LogP contribution is -2.26. The van der Waals surface area contributed by atoms with E-state index in [1.807, 2.05) is 12.1 Å². The van der Waals surface area contributed by atoms with Gasteiger partial charge >= 0.3 is 5.97 Å². The number of carbonyl (C=O) groups is 1. The van der Waals surface area contributed by atoms with E-state index in [-0.39, 0.29) is 11.4 Å². The molecule has 0 saturated heterocycles. The number of ether oxygens (including phenoxy) is 1. The van der Waals surface area contributed by atoms with Crippen LogP contribution >= 0.6 is 11.3 Å². The number of rotatable bonds is 3. The lowest BCUT2D eigenvalue weighted by molar-refractivity contribution is 0.0600. The Morgan fingerprint density at radius 2 is 2.04 bits per heavy atom. The summed E-state index contributed by atoms with van der Waals surface area (Å²) in [6, 6.07) is 9.44. The maximum Gasteiger partial charge on any atom is 0.337 e. The quantitative estimate of drug-likeness (QED) is 0.535. The molecule has 140 valence electrons. The van der Waals surface area contributed by atoms with Crippen LogP contribution in [0.3, 0.4) is 0 Å². The average Bonchev–Trinajstić information content (AvgIpc) is 3.02. The fraction of sp³-hybridized carbons (Fsp3) is 0.409. The third-order valence-electron chi connectivity index (χ3n) is 5.25. The molecular weight excluding hydrogens is 356 g/mol. The van der Waals surface area contributed by atoms with Gasteiger partial charge in [-0.1, -0.05) is 32.9 Å². The summed E-state index contributed by atoms with van der Waals surface area (Å²) in [7, 11) is 1.36. The van der Waals surface area contributed by atoms with E-state index in [0.29, 0.717) is 11.5 Å². The van der Waals surface area contributed by atoms with Crippen LogP contribution in [0.4, 0.5) is 5.00 Å². The van der Waals surface area contributed by atoms with Gasteiger partial charge in [-0.3, -0.25) is 0 Å². The number of hydrogen-bond donors (Lipinski definition) is 0. The van der Waals surface area contributed by atoms with Crippen LogP contribution in [-0.2, 0) is 17.6 Å². The van der Waals surface area contributed by atoms with Gasteiger partial charge in [0.2, 0.25) is 0 Å². The molecule has 3 rings (SSSR count). The SMILES string of the molecule is COC(=O)c1ccc(C=Nc2sc3c(c2C#N)CC[C@@H](C(C)(C)C)C3)cc1. The molecule has 0 saturated carbocycles. The molecule has 4 nitrogen and oxygen atoms in total. The van der Waals surface area contributed by atoms with Crippen molar-refractivity contribution >= 4 is 28.5 Å². The predicted molar refractivity (Wildman–Crippen MR) is 109 cm³/mol. The normalized spacial score (nSPS) is 16.8. The van der Waals surface area contributed by atoms with E-state index >= 15 is 0 Å². The van der Waals surface area contributed by atoms with Crippen molar-refractivity contribution in [3.63, 3.8) is 0 Å². The molecule has 1 atom stereocenters. The van der Waals surface area contributed by atoms with Gasteiger partial charge < -0.3 is 4.74 Å². The Hall–Kier alpha value is -2.45. The number of nitriles is 1. The van der Waals surface area contributed by atoms with Crippen molar-refractivity contribution in [2.75, 3.05) is 7.11 Å². The van der Waals surface area contributed by atoms with Gasteiger partial charge in [-0.25, -0.2) is 9.79 Å². The van der Waals surface area contributed by atoms with E-state index in [1.165, 1.54) is 17.6 Å². The first-order chi connectivity index (χ1) is 12.8. The van der Waals surface area contributed by atoms with Gasteiger partial charge in [0.05, 0.1) is 18.2 Å². The summed E-state index contributed by atoms with van der Waals surface area (Å²) in [5.41, 5.74) is 3.58. The van der Waals surface area contributed by atoms with Gasteiger partial charge in [-0.2, -0.15) is 5.26 Å². The third kappa shape index (κ3) is 4.12. The average molecular weight is 381 g/mol. The molecule has 1 aliphatic rings. The Kier molecular flexibility index (Phi) is 5.48. The summed E-state index contributed by atoms with van der Waals surface area (Å²) in [5, 5.41) is 10.4. The van der Waals surface area contributed by atoms with Crippen LogP contribution in [0.1, 0.15) is 59.1 Å². The smallest absolute Gasteiger partial charge is 0.337 e. The zero-order valence-corrected chi connectivity index (χ0v) is 17.0.